The number of piperidine rings is 1. The predicted octanol–water partition coefficient (Wildman–Crippen LogP) is 3.69. The zero-order chi connectivity index (χ0) is 22.3. The highest BCUT2D eigenvalue weighted by molar-refractivity contribution is 5.94. The largest absolute Gasteiger partial charge is 0.354 e. The highest BCUT2D eigenvalue weighted by Crippen LogP contribution is 2.21. The number of benzene rings is 1. The first-order valence-electron chi connectivity index (χ1n) is 11.0. The van der Waals surface area contributed by atoms with Crippen LogP contribution in [-0.4, -0.2) is 60.4 Å². The molecule has 0 unspecified atom stereocenters. The van der Waals surface area contributed by atoms with E-state index < -0.39 is 17.5 Å². The van der Waals surface area contributed by atoms with Crippen LogP contribution in [0.25, 0.3) is 0 Å². The van der Waals surface area contributed by atoms with Crippen molar-refractivity contribution >= 4 is 11.8 Å². The number of likely N-dealkylation sites (tertiary alicyclic amines) is 1. The minimum Gasteiger partial charge on any atom is -0.354 e. The smallest absolute Gasteiger partial charge is 0.256 e. The van der Waals surface area contributed by atoms with E-state index in [1.165, 1.54) is 11.0 Å². The van der Waals surface area contributed by atoms with E-state index in [0.717, 1.165) is 31.6 Å². The van der Waals surface area contributed by atoms with Gasteiger partial charge in [-0.05, 0) is 50.4 Å². The summed E-state index contributed by atoms with van der Waals surface area (Å²) in [7, 11) is 0. The molecule has 0 spiro atoms. The van der Waals surface area contributed by atoms with Crippen molar-refractivity contribution in [3.8, 4) is 0 Å². The monoisotopic (exact) mass is 423 g/mol. The molecule has 0 bridgehead atoms. The van der Waals surface area contributed by atoms with Crippen LogP contribution in [0.1, 0.15) is 57.3 Å². The Labute approximate surface area is 178 Å². The van der Waals surface area contributed by atoms with Crippen molar-refractivity contribution in [2.24, 2.45) is 11.8 Å². The number of nitrogens with zero attached hydrogens (tertiary/aromatic N) is 2. The van der Waals surface area contributed by atoms with Crippen LogP contribution in [0.2, 0.25) is 0 Å². The van der Waals surface area contributed by atoms with E-state index in [1.807, 2.05) is 0 Å². The average Bonchev–Trinajstić information content (AvgIpc) is 2.71. The molecule has 30 heavy (non-hydrogen) atoms. The molecule has 1 atom stereocenters. The first kappa shape index (κ1) is 24.3. The maximum atomic E-state index is 13.9. The third-order valence-electron chi connectivity index (χ3n) is 5.90. The second-order valence-corrected chi connectivity index (χ2v) is 8.44. The summed E-state index contributed by atoms with van der Waals surface area (Å²) in [5.74, 6) is -1.59. The molecule has 1 aliphatic rings. The Kier molecular flexibility index (Phi) is 9.21. The van der Waals surface area contributed by atoms with E-state index in [2.05, 4.69) is 37.9 Å². The summed E-state index contributed by atoms with van der Waals surface area (Å²) in [5, 5.41) is 3.11. The molecule has 0 radical (unpaired) electrons. The van der Waals surface area contributed by atoms with Crippen molar-refractivity contribution in [3.63, 3.8) is 0 Å². The van der Waals surface area contributed by atoms with E-state index in [4.69, 9.17) is 0 Å². The normalized spacial score (nSPS) is 16.2. The lowest BCUT2D eigenvalue weighted by atomic mass is 9.95. The van der Waals surface area contributed by atoms with Gasteiger partial charge in [0.15, 0.2) is 0 Å². The Balaban J connectivity index is 1.87. The van der Waals surface area contributed by atoms with Gasteiger partial charge in [-0.25, -0.2) is 8.78 Å². The first-order chi connectivity index (χ1) is 14.3. The SMILES string of the molecule is CCN(CC)[C@H](CNC(=O)C1CCN(C(=O)c2ccc(F)cc2F)CC1)CC(C)C. The fourth-order valence-corrected chi connectivity index (χ4v) is 4.19. The number of halogens is 2. The van der Waals surface area contributed by atoms with Crippen LogP contribution in [0, 0.1) is 23.5 Å². The van der Waals surface area contributed by atoms with Crippen LogP contribution in [0.4, 0.5) is 8.78 Å². The molecule has 1 aromatic rings. The molecule has 7 heteroatoms. The fraction of sp³-hybridized carbons (Fsp3) is 0.652. The molecule has 1 aromatic carbocycles. The zero-order valence-corrected chi connectivity index (χ0v) is 18.6. The van der Waals surface area contributed by atoms with Crippen LogP contribution in [0.5, 0.6) is 0 Å². The van der Waals surface area contributed by atoms with E-state index in [-0.39, 0.29) is 17.4 Å². The molecule has 1 saturated heterocycles. The second kappa shape index (κ2) is 11.4. The van der Waals surface area contributed by atoms with Gasteiger partial charge in [-0.2, -0.15) is 0 Å². The minimum absolute atomic E-state index is 0.0240. The number of hydrogen-bond donors (Lipinski definition) is 1. The summed E-state index contributed by atoms with van der Waals surface area (Å²) in [6.45, 7) is 11.9. The highest BCUT2D eigenvalue weighted by Gasteiger charge is 2.29. The third-order valence-corrected chi connectivity index (χ3v) is 5.90. The Morgan fingerprint density at radius 1 is 1.17 bits per heavy atom. The maximum Gasteiger partial charge on any atom is 0.256 e. The highest BCUT2D eigenvalue weighted by atomic mass is 19.1. The van der Waals surface area contributed by atoms with E-state index in [1.54, 1.807) is 0 Å². The Hall–Kier alpha value is -2.02. The van der Waals surface area contributed by atoms with Crippen molar-refractivity contribution in [3.05, 3.63) is 35.4 Å². The molecule has 0 aliphatic carbocycles. The Bertz CT molecular complexity index is 714. The van der Waals surface area contributed by atoms with E-state index >= 15 is 0 Å². The number of likely N-dealkylation sites (N-methyl/N-ethyl adjacent to an activating group) is 1. The van der Waals surface area contributed by atoms with Crippen molar-refractivity contribution < 1.29 is 18.4 Å². The van der Waals surface area contributed by atoms with Crippen LogP contribution in [0.15, 0.2) is 18.2 Å². The lowest BCUT2D eigenvalue weighted by Gasteiger charge is -2.33. The topological polar surface area (TPSA) is 52.7 Å². The number of hydrogen-bond acceptors (Lipinski definition) is 3. The molecule has 1 fully saturated rings. The number of carbonyl (C=O) groups excluding carboxylic acids is 2. The molecular formula is C23H35F2N3O2. The molecule has 0 saturated carbocycles. The standard InChI is InChI=1S/C23H35F2N3O2/c1-5-27(6-2)19(13-16(3)4)15-26-22(29)17-9-11-28(12-10-17)23(30)20-8-7-18(24)14-21(20)25/h7-8,14,16-17,19H,5-6,9-13,15H2,1-4H3,(H,26,29)/t19-/m0/s1. The quantitative estimate of drug-likeness (QED) is 0.659. The summed E-state index contributed by atoms with van der Waals surface area (Å²) in [6, 6.07) is 3.29. The van der Waals surface area contributed by atoms with Gasteiger partial charge in [0.2, 0.25) is 5.91 Å². The number of rotatable bonds is 9. The molecule has 0 aromatic heterocycles. The number of carbonyl (C=O) groups is 2. The molecule has 5 nitrogen and oxygen atoms in total. The molecule has 2 rings (SSSR count). The predicted molar refractivity (Wildman–Crippen MR) is 114 cm³/mol. The van der Waals surface area contributed by atoms with Gasteiger partial charge in [0.1, 0.15) is 11.6 Å². The average molecular weight is 424 g/mol. The summed E-state index contributed by atoms with van der Waals surface area (Å²) in [6.07, 6.45) is 2.11. The van der Waals surface area contributed by atoms with Gasteiger partial charge in [0.05, 0.1) is 5.56 Å². The lowest BCUT2D eigenvalue weighted by Crippen LogP contribution is -2.48. The van der Waals surface area contributed by atoms with E-state index in [9.17, 15) is 18.4 Å². The van der Waals surface area contributed by atoms with Crippen LogP contribution in [0.3, 0.4) is 0 Å². The van der Waals surface area contributed by atoms with Crippen LogP contribution in [-0.2, 0) is 4.79 Å². The van der Waals surface area contributed by atoms with Gasteiger partial charge in [-0.15, -0.1) is 0 Å². The van der Waals surface area contributed by atoms with Gasteiger partial charge >= 0.3 is 0 Å². The molecular weight excluding hydrogens is 388 g/mol. The molecule has 1 heterocycles. The van der Waals surface area contributed by atoms with Gasteiger partial charge in [0, 0.05) is 37.7 Å². The maximum absolute atomic E-state index is 13.9. The molecule has 1 N–H and O–H groups in total. The zero-order valence-electron chi connectivity index (χ0n) is 18.6. The Morgan fingerprint density at radius 3 is 2.33 bits per heavy atom. The van der Waals surface area contributed by atoms with Gasteiger partial charge in [-0.1, -0.05) is 27.7 Å². The van der Waals surface area contributed by atoms with Gasteiger partial charge < -0.3 is 10.2 Å². The molecule has 1 aliphatic heterocycles. The van der Waals surface area contributed by atoms with Crippen molar-refractivity contribution in [1.29, 1.82) is 0 Å². The van der Waals surface area contributed by atoms with Crippen molar-refractivity contribution in [2.45, 2.75) is 53.0 Å². The summed E-state index contributed by atoms with van der Waals surface area (Å²) in [4.78, 5) is 29.1. The molecule has 2 amide bonds. The van der Waals surface area contributed by atoms with Crippen molar-refractivity contribution in [1.82, 2.24) is 15.1 Å². The summed E-state index contributed by atoms with van der Waals surface area (Å²) >= 11 is 0. The van der Waals surface area contributed by atoms with Crippen LogP contribution >= 0.6 is 0 Å². The Morgan fingerprint density at radius 2 is 1.80 bits per heavy atom. The second-order valence-electron chi connectivity index (χ2n) is 8.44. The summed E-state index contributed by atoms with van der Waals surface area (Å²) in [5.41, 5.74) is -0.130. The number of amides is 2. The lowest BCUT2D eigenvalue weighted by molar-refractivity contribution is -0.126. The summed E-state index contributed by atoms with van der Waals surface area (Å²) < 4.78 is 27.0. The minimum atomic E-state index is -0.854. The van der Waals surface area contributed by atoms with E-state index in [0.29, 0.717) is 44.4 Å². The third kappa shape index (κ3) is 6.49. The number of nitrogens with one attached hydrogen (secondary N) is 1. The van der Waals surface area contributed by atoms with Gasteiger partial charge in [0.25, 0.3) is 5.91 Å². The fourth-order valence-electron chi connectivity index (χ4n) is 4.19. The molecule has 168 valence electrons. The first-order valence-corrected chi connectivity index (χ1v) is 11.0. The van der Waals surface area contributed by atoms with Crippen molar-refractivity contribution in [2.75, 3.05) is 32.7 Å². The van der Waals surface area contributed by atoms with Gasteiger partial charge in [-0.3, -0.25) is 14.5 Å². The van der Waals surface area contributed by atoms with Crippen LogP contribution < -0.4 is 5.32 Å².